The maximum Gasteiger partial charge on any atom is 0.276 e. The first kappa shape index (κ1) is 19.9. The molecule has 7 nitrogen and oxygen atoms in total. The molecule has 0 radical (unpaired) electrons. The van der Waals surface area contributed by atoms with Crippen molar-refractivity contribution in [3.05, 3.63) is 41.2 Å². The van der Waals surface area contributed by atoms with Gasteiger partial charge in [-0.2, -0.15) is 0 Å². The highest BCUT2D eigenvalue weighted by Gasteiger charge is 2.28. The number of carbonyl (C=O) groups excluding carboxylic acids is 1. The van der Waals surface area contributed by atoms with Crippen molar-refractivity contribution in [3.63, 3.8) is 0 Å². The second-order valence-electron chi connectivity index (χ2n) is 8.24. The van der Waals surface area contributed by atoms with Gasteiger partial charge in [-0.1, -0.05) is 17.3 Å². The van der Waals surface area contributed by atoms with E-state index in [4.69, 9.17) is 4.74 Å². The summed E-state index contributed by atoms with van der Waals surface area (Å²) in [6.45, 7) is 5.55. The molecule has 156 valence electrons. The van der Waals surface area contributed by atoms with Gasteiger partial charge < -0.3 is 15.0 Å². The molecule has 0 spiro atoms. The van der Waals surface area contributed by atoms with Gasteiger partial charge in [-0.15, -0.1) is 5.10 Å². The fraction of sp³-hybridized carbons (Fsp3) is 0.591. The molecule has 1 N–H and O–H groups in total. The molecule has 1 aromatic heterocycles. The normalized spacial score (nSPS) is 18.8. The molecule has 2 aliphatic rings. The SMILES string of the molecule is COc1ccc(CC2CCN(C(=O)c3nnn(C4CCNCC4)c3C)CC2)cc1. The van der Waals surface area contributed by atoms with Crippen molar-refractivity contribution in [1.82, 2.24) is 25.2 Å². The van der Waals surface area contributed by atoms with Gasteiger partial charge in [-0.25, -0.2) is 4.68 Å². The zero-order valence-electron chi connectivity index (χ0n) is 17.4. The molecule has 0 unspecified atom stereocenters. The Morgan fingerprint density at radius 2 is 1.83 bits per heavy atom. The van der Waals surface area contributed by atoms with E-state index in [-0.39, 0.29) is 5.91 Å². The zero-order chi connectivity index (χ0) is 20.2. The average Bonchev–Trinajstić information content (AvgIpc) is 3.16. The van der Waals surface area contributed by atoms with E-state index in [9.17, 15) is 4.79 Å². The first-order chi connectivity index (χ1) is 14.2. The Kier molecular flexibility index (Phi) is 6.13. The molecule has 2 fully saturated rings. The lowest BCUT2D eigenvalue weighted by atomic mass is 9.90. The van der Waals surface area contributed by atoms with Crippen molar-refractivity contribution < 1.29 is 9.53 Å². The third-order valence-corrected chi connectivity index (χ3v) is 6.37. The number of nitrogens with zero attached hydrogens (tertiary/aromatic N) is 4. The van der Waals surface area contributed by atoms with E-state index >= 15 is 0 Å². The third kappa shape index (κ3) is 4.45. The van der Waals surface area contributed by atoms with Crippen molar-refractivity contribution in [2.75, 3.05) is 33.3 Å². The number of hydrogen-bond acceptors (Lipinski definition) is 5. The Balaban J connectivity index is 1.33. The van der Waals surface area contributed by atoms with Crippen LogP contribution in [0.15, 0.2) is 24.3 Å². The maximum atomic E-state index is 13.0. The number of ether oxygens (including phenoxy) is 1. The molecule has 3 heterocycles. The minimum Gasteiger partial charge on any atom is -0.497 e. The first-order valence-corrected chi connectivity index (χ1v) is 10.7. The Bertz CT molecular complexity index is 818. The fourth-order valence-electron chi connectivity index (χ4n) is 4.52. The molecule has 1 aromatic carbocycles. The van der Waals surface area contributed by atoms with Gasteiger partial charge in [0.05, 0.1) is 18.8 Å². The number of nitrogens with one attached hydrogen (secondary N) is 1. The Labute approximate surface area is 172 Å². The quantitative estimate of drug-likeness (QED) is 0.840. The number of amides is 1. The predicted molar refractivity (Wildman–Crippen MR) is 111 cm³/mol. The molecular weight excluding hydrogens is 366 g/mol. The number of methoxy groups -OCH3 is 1. The number of piperidine rings is 2. The smallest absolute Gasteiger partial charge is 0.276 e. The lowest BCUT2D eigenvalue weighted by molar-refractivity contribution is 0.0683. The highest BCUT2D eigenvalue weighted by atomic mass is 16.5. The summed E-state index contributed by atoms with van der Waals surface area (Å²) in [5, 5.41) is 11.9. The van der Waals surface area contributed by atoms with Gasteiger partial charge in [0, 0.05) is 13.1 Å². The maximum absolute atomic E-state index is 13.0. The number of aromatic nitrogens is 3. The second-order valence-corrected chi connectivity index (χ2v) is 8.24. The van der Waals surface area contributed by atoms with E-state index < -0.39 is 0 Å². The van der Waals surface area contributed by atoms with E-state index in [0.717, 1.165) is 69.7 Å². The highest BCUT2D eigenvalue weighted by Crippen LogP contribution is 2.25. The van der Waals surface area contributed by atoms with Crippen LogP contribution in [0.25, 0.3) is 0 Å². The van der Waals surface area contributed by atoms with Crippen molar-refractivity contribution in [2.45, 2.75) is 45.1 Å². The van der Waals surface area contributed by atoms with E-state index in [1.54, 1.807) is 7.11 Å². The topological polar surface area (TPSA) is 72.3 Å². The minimum atomic E-state index is 0.0329. The Morgan fingerprint density at radius 1 is 1.14 bits per heavy atom. The highest BCUT2D eigenvalue weighted by molar-refractivity contribution is 5.93. The molecule has 7 heteroatoms. The van der Waals surface area contributed by atoms with Crippen LogP contribution in [-0.4, -0.2) is 59.1 Å². The van der Waals surface area contributed by atoms with Crippen LogP contribution in [0.2, 0.25) is 0 Å². The van der Waals surface area contributed by atoms with E-state index in [1.165, 1.54) is 5.56 Å². The monoisotopic (exact) mass is 397 g/mol. The van der Waals surface area contributed by atoms with Crippen LogP contribution in [0.4, 0.5) is 0 Å². The van der Waals surface area contributed by atoms with Gasteiger partial charge in [0.1, 0.15) is 5.75 Å². The van der Waals surface area contributed by atoms with Gasteiger partial charge in [-0.3, -0.25) is 4.79 Å². The summed E-state index contributed by atoms with van der Waals surface area (Å²) >= 11 is 0. The van der Waals surface area contributed by atoms with Crippen molar-refractivity contribution >= 4 is 5.91 Å². The largest absolute Gasteiger partial charge is 0.497 e. The standard InChI is InChI=1S/C22H31N5O2/c1-16-21(24-25-27(16)19-7-11-23-12-8-19)22(28)26-13-9-18(10-14-26)15-17-3-5-20(29-2)6-4-17/h3-6,18-19,23H,7-15H2,1-2H3. The van der Waals surface area contributed by atoms with E-state index in [2.05, 4.69) is 27.8 Å². The molecular formula is C22H31N5O2. The summed E-state index contributed by atoms with van der Waals surface area (Å²) in [5.41, 5.74) is 2.76. The number of carbonyl (C=O) groups is 1. The van der Waals surface area contributed by atoms with Gasteiger partial charge in [0.25, 0.3) is 5.91 Å². The van der Waals surface area contributed by atoms with Crippen LogP contribution in [0.5, 0.6) is 5.75 Å². The summed E-state index contributed by atoms with van der Waals surface area (Å²) in [5.74, 6) is 1.53. The third-order valence-electron chi connectivity index (χ3n) is 6.37. The molecule has 29 heavy (non-hydrogen) atoms. The average molecular weight is 398 g/mol. The van der Waals surface area contributed by atoms with Gasteiger partial charge in [-0.05, 0) is 75.7 Å². The lowest BCUT2D eigenvalue weighted by Gasteiger charge is -2.31. The number of rotatable bonds is 5. The zero-order valence-corrected chi connectivity index (χ0v) is 17.4. The second kappa shape index (κ2) is 8.95. The van der Waals surface area contributed by atoms with Crippen molar-refractivity contribution in [3.8, 4) is 5.75 Å². The van der Waals surface area contributed by atoms with E-state index in [0.29, 0.717) is 17.7 Å². The van der Waals surface area contributed by atoms with Crippen LogP contribution < -0.4 is 10.1 Å². The van der Waals surface area contributed by atoms with E-state index in [1.807, 2.05) is 28.6 Å². The molecule has 0 bridgehead atoms. The van der Waals surface area contributed by atoms with Crippen LogP contribution in [0, 0.1) is 12.8 Å². The van der Waals surface area contributed by atoms with Crippen molar-refractivity contribution in [2.24, 2.45) is 5.92 Å². The molecule has 2 aliphatic heterocycles. The number of hydrogen-bond donors (Lipinski definition) is 1. The molecule has 2 saturated heterocycles. The molecule has 0 atom stereocenters. The summed E-state index contributed by atoms with van der Waals surface area (Å²) in [7, 11) is 1.69. The summed E-state index contributed by atoms with van der Waals surface area (Å²) in [6, 6.07) is 8.66. The Hall–Kier alpha value is -2.41. The molecule has 2 aromatic rings. The Morgan fingerprint density at radius 3 is 2.48 bits per heavy atom. The summed E-state index contributed by atoms with van der Waals surface area (Å²) in [4.78, 5) is 15.0. The van der Waals surface area contributed by atoms with Crippen LogP contribution in [0.3, 0.4) is 0 Å². The molecule has 4 rings (SSSR count). The van der Waals surface area contributed by atoms with Gasteiger partial charge in [0.2, 0.25) is 0 Å². The summed E-state index contributed by atoms with van der Waals surface area (Å²) < 4.78 is 7.19. The minimum absolute atomic E-state index is 0.0329. The van der Waals surface area contributed by atoms with Gasteiger partial charge in [0.15, 0.2) is 5.69 Å². The number of benzene rings is 1. The lowest BCUT2D eigenvalue weighted by Crippen LogP contribution is -2.39. The molecule has 0 saturated carbocycles. The molecule has 0 aliphatic carbocycles. The van der Waals surface area contributed by atoms with Crippen LogP contribution in [-0.2, 0) is 6.42 Å². The molecule has 1 amide bonds. The van der Waals surface area contributed by atoms with Crippen molar-refractivity contribution in [1.29, 1.82) is 0 Å². The summed E-state index contributed by atoms with van der Waals surface area (Å²) in [6.07, 6.45) is 5.18. The number of likely N-dealkylation sites (tertiary alicyclic amines) is 1. The van der Waals surface area contributed by atoms with Crippen LogP contribution >= 0.6 is 0 Å². The first-order valence-electron chi connectivity index (χ1n) is 10.7. The van der Waals surface area contributed by atoms with Crippen LogP contribution in [0.1, 0.15) is 53.5 Å². The predicted octanol–water partition coefficient (Wildman–Crippen LogP) is 2.61. The van der Waals surface area contributed by atoms with Gasteiger partial charge >= 0.3 is 0 Å². The fourth-order valence-corrected chi connectivity index (χ4v) is 4.52.